The van der Waals surface area contributed by atoms with E-state index in [0.717, 1.165) is 35.7 Å². The third kappa shape index (κ3) is 3.23. The molecule has 0 aliphatic heterocycles. The van der Waals surface area contributed by atoms with Gasteiger partial charge in [0, 0.05) is 26.0 Å². The van der Waals surface area contributed by atoms with Crippen LogP contribution in [0.3, 0.4) is 0 Å². The number of aromatic nitrogens is 1. The van der Waals surface area contributed by atoms with Crippen molar-refractivity contribution in [2.75, 3.05) is 20.6 Å². The first-order valence-electron chi connectivity index (χ1n) is 7.96. The molecule has 0 unspecified atom stereocenters. The second-order valence-corrected chi connectivity index (χ2v) is 7.67. The first-order valence-corrected chi connectivity index (χ1v) is 8.84. The minimum atomic E-state index is 0.577. The summed E-state index contributed by atoms with van der Waals surface area (Å²) in [5, 5.41) is 6.88. The summed E-state index contributed by atoms with van der Waals surface area (Å²) < 4.78 is 0. The van der Waals surface area contributed by atoms with E-state index in [-0.39, 0.29) is 0 Å². The molecule has 1 aromatic rings. The third-order valence-corrected chi connectivity index (χ3v) is 5.85. The van der Waals surface area contributed by atoms with E-state index in [0.29, 0.717) is 5.41 Å². The molecule has 1 N–H and O–H groups in total. The molecule has 3 rings (SSSR count). The zero-order chi connectivity index (χ0) is 14.9. The molecule has 0 radical (unpaired) electrons. The van der Waals surface area contributed by atoms with Crippen LogP contribution < -0.4 is 5.32 Å². The van der Waals surface area contributed by atoms with Gasteiger partial charge in [0.15, 0.2) is 5.96 Å². The molecule has 2 saturated carbocycles. The van der Waals surface area contributed by atoms with E-state index in [4.69, 9.17) is 0 Å². The van der Waals surface area contributed by atoms with E-state index < -0.39 is 0 Å². The number of hydrogen-bond donors (Lipinski definition) is 1. The van der Waals surface area contributed by atoms with E-state index in [1.807, 2.05) is 7.05 Å². The lowest BCUT2D eigenvalue weighted by atomic mass is 9.65. The van der Waals surface area contributed by atoms with Crippen LogP contribution in [0.5, 0.6) is 0 Å². The van der Waals surface area contributed by atoms with Crippen LogP contribution >= 0.6 is 11.3 Å². The fourth-order valence-electron chi connectivity index (χ4n) is 3.49. The predicted octanol–water partition coefficient (Wildman–Crippen LogP) is 3.04. The summed E-state index contributed by atoms with van der Waals surface area (Å²) in [5.74, 6) is 1.97. The number of aliphatic imine (C=N–C) groups is 1. The van der Waals surface area contributed by atoms with Crippen LogP contribution in [0.1, 0.15) is 42.8 Å². The van der Waals surface area contributed by atoms with Crippen molar-refractivity contribution in [2.24, 2.45) is 16.3 Å². The highest BCUT2D eigenvalue weighted by atomic mass is 32.1. The van der Waals surface area contributed by atoms with Gasteiger partial charge in [-0.3, -0.25) is 4.99 Å². The molecule has 0 atom stereocenters. The first kappa shape index (κ1) is 14.8. The summed E-state index contributed by atoms with van der Waals surface area (Å²) in [6.45, 7) is 3.96. The zero-order valence-corrected chi connectivity index (χ0v) is 14.2. The second-order valence-electron chi connectivity index (χ2n) is 6.60. The Labute approximate surface area is 131 Å². The number of nitrogens with one attached hydrogen (secondary N) is 1. The standard InChI is InChI=1S/C16H26N4S/c1-12-19-14(10-21-12)9-20(3)15(17-2)18-11-16(7-4-8-16)13-5-6-13/h10,13H,4-9,11H2,1-3H3,(H,17,18). The van der Waals surface area contributed by atoms with Crippen molar-refractivity contribution in [3.05, 3.63) is 16.1 Å². The van der Waals surface area contributed by atoms with Gasteiger partial charge in [0.25, 0.3) is 0 Å². The van der Waals surface area contributed by atoms with Crippen LogP contribution in [0.15, 0.2) is 10.4 Å². The molecule has 1 aromatic heterocycles. The maximum absolute atomic E-state index is 4.54. The fourth-order valence-corrected chi connectivity index (χ4v) is 4.10. The van der Waals surface area contributed by atoms with Gasteiger partial charge in [-0.25, -0.2) is 4.98 Å². The molecule has 2 aliphatic carbocycles. The molecular formula is C16H26N4S. The molecule has 116 valence electrons. The summed E-state index contributed by atoms with van der Waals surface area (Å²) in [5.41, 5.74) is 1.71. The van der Waals surface area contributed by atoms with Crippen LogP contribution in [0.25, 0.3) is 0 Å². The molecule has 1 heterocycles. The van der Waals surface area contributed by atoms with Gasteiger partial charge in [-0.15, -0.1) is 11.3 Å². The molecule has 21 heavy (non-hydrogen) atoms. The van der Waals surface area contributed by atoms with Gasteiger partial charge < -0.3 is 10.2 Å². The van der Waals surface area contributed by atoms with Gasteiger partial charge in [-0.1, -0.05) is 6.42 Å². The zero-order valence-electron chi connectivity index (χ0n) is 13.4. The van der Waals surface area contributed by atoms with Crippen molar-refractivity contribution in [1.82, 2.24) is 15.2 Å². The fraction of sp³-hybridized carbons (Fsp3) is 0.750. The van der Waals surface area contributed by atoms with E-state index in [9.17, 15) is 0 Å². The molecular weight excluding hydrogens is 280 g/mol. The van der Waals surface area contributed by atoms with Crippen molar-refractivity contribution < 1.29 is 0 Å². The number of rotatable bonds is 5. The smallest absolute Gasteiger partial charge is 0.193 e. The largest absolute Gasteiger partial charge is 0.356 e. The highest BCUT2D eigenvalue weighted by Gasteiger charge is 2.48. The highest BCUT2D eigenvalue weighted by molar-refractivity contribution is 7.09. The van der Waals surface area contributed by atoms with Crippen LogP contribution in [-0.2, 0) is 6.54 Å². The molecule has 5 heteroatoms. The molecule has 0 aromatic carbocycles. The van der Waals surface area contributed by atoms with Gasteiger partial charge in [-0.05, 0) is 43.9 Å². The molecule has 4 nitrogen and oxygen atoms in total. The van der Waals surface area contributed by atoms with E-state index >= 15 is 0 Å². The number of thiazole rings is 1. The molecule has 0 spiro atoms. The quantitative estimate of drug-likeness (QED) is 0.671. The summed E-state index contributed by atoms with van der Waals surface area (Å²) in [7, 11) is 3.96. The normalized spacial score (nSPS) is 21.0. The molecule has 2 aliphatic rings. The molecule has 2 fully saturated rings. The summed E-state index contributed by atoms with van der Waals surface area (Å²) in [4.78, 5) is 11.1. The maximum Gasteiger partial charge on any atom is 0.193 e. The van der Waals surface area contributed by atoms with Crippen molar-refractivity contribution in [1.29, 1.82) is 0 Å². The van der Waals surface area contributed by atoms with Crippen molar-refractivity contribution >= 4 is 17.3 Å². The Morgan fingerprint density at radius 2 is 2.29 bits per heavy atom. The maximum atomic E-state index is 4.54. The summed E-state index contributed by atoms with van der Waals surface area (Å²) >= 11 is 1.71. The number of nitrogens with zero attached hydrogens (tertiary/aromatic N) is 3. The number of aryl methyl sites for hydroxylation is 1. The van der Waals surface area contributed by atoms with Crippen LogP contribution in [0.4, 0.5) is 0 Å². The Kier molecular flexibility index (Phi) is 4.20. The third-order valence-electron chi connectivity index (χ3n) is 5.03. The second kappa shape index (κ2) is 5.95. The Balaban J connectivity index is 1.54. The minimum absolute atomic E-state index is 0.577. The Bertz CT molecular complexity index is 514. The Hall–Kier alpha value is -1.10. The van der Waals surface area contributed by atoms with E-state index in [2.05, 4.69) is 39.5 Å². The number of hydrogen-bond acceptors (Lipinski definition) is 3. The predicted molar refractivity (Wildman–Crippen MR) is 88.7 cm³/mol. The van der Waals surface area contributed by atoms with Gasteiger partial charge in [0.1, 0.15) is 0 Å². The minimum Gasteiger partial charge on any atom is -0.356 e. The lowest BCUT2D eigenvalue weighted by molar-refractivity contribution is 0.105. The van der Waals surface area contributed by atoms with Crippen LogP contribution in [0, 0.1) is 18.3 Å². The average Bonchev–Trinajstić information content (AvgIpc) is 3.17. The summed E-state index contributed by atoms with van der Waals surface area (Å²) in [6, 6.07) is 0. The summed E-state index contributed by atoms with van der Waals surface area (Å²) in [6.07, 6.45) is 7.08. The topological polar surface area (TPSA) is 40.5 Å². The Morgan fingerprint density at radius 1 is 1.52 bits per heavy atom. The Morgan fingerprint density at radius 3 is 2.76 bits per heavy atom. The highest BCUT2D eigenvalue weighted by Crippen LogP contribution is 2.56. The van der Waals surface area contributed by atoms with Crippen molar-refractivity contribution in [3.63, 3.8) is 0 Å². The van der Waals surface area contributed by atoms with Crippen molar-refractivity contribution in [2.45, 2.75) is 45.6 Å². The van der Waals surface area contributed by atoms with Gasteiger partial charge in [0.05, 0.1) is 17.2 Å². The number of guanidine groups is 1. The first-order chi connectivity index (χ1) is 10.1. The molecule has 0 bridgehead atoms. The van der Waals surface area contributed by atoms with Crippen LogP contribution in [-0.4, -0.2) is 36.5 Å². The van der Waals surface area contributed by atoms with E-state index in [1.165, 1.54) is 32.1 Å². The van der Waals surface area contributed by atoms with Gasteiger partial charge in [0.2, 0.25) is 0 Å². The lowest BCUT2D eigenvalue weighted by Crippen LogP contribution is -2.47. The molecule has 0 saturated heterocycles. The van der Waals surface area contributed by atoms with Gasteiger partial charge >= 0.3 is 0 Å². The SMILES string of the molecule is CN=C(NCC1(C2CC2)CCC1)N(C)Cc1csc(C)n1. The van der Waals surface area contributed by atoms with Gasteiger partial charge in [-0.2, -0.15) is 0 Å². The monoisotopic (exact) mass is 306 g/mol. The van der Waals surface area contributed by atoms with Crippen molar-refractivity contribution in [3.8, 4) is 0 Å². The van der Waals surface area contributed by atoms with E-state index in [1.54, 1.807) is 11.3 Å². The average molecular weight is 306 g/mol. The van der Waals surface area contributed by atoms with Crippen LogP contribution in [0.2, 0.25) is 0 Å². The lowest BCUT2D eigenvalue weighted by Gasteiger charge is -2.43. The molecule has 0 amide bonds.